The Morgan fingerprint density at radius 3 is 2.62 bits per heavy atom. The molecule has 2 aromatic rings. The van der Waals surface area contributed by atoms with Crippen LogP contribution in [-0.2, 0) is 13.0 Å². The SMILES string of the molecule is CCNC(=O)c1cccc(CN=C(NCC)NCCc2ccc3c(c2)OCO3)c1. The number of carbonyl (C=O) groups excluding carboxylic acids is 1. The summed E-state index contributed by atoms with van der Waals surface area (Å²) in [4.78, 5) is 16.6. The summed E-state index contributed by atoms with van der Waals surface area (Å²) in [6, 6.07) is 13.6. The monoisotopic (exact) mass is 396 g/mol. The van der Waals surface area contributed by atoms with E-state index in [0.717, 1.165) is 42.5 Å². The molecule has 0 saturated carbocycles. The highest BCUT2D eigenvalue weighted by Crippen LogP contribution is 2.32. The van der Waals surface area contributed by atoms with Gasteiger partial charge in [0.1, 0.15) is 0 Å². The largest absolute Gasteiger partial charge is 0.454 e. The molecular weight excluding hydrogens is 368 g/mol. The predicted molar refractivity (Wildman–Crippen MR) is 114 cm³/mol. The maximum Gasteiger partial charge on any atom is 0.251 e. The number of hydrogen-bond acceptors (Lipinski definition) is 4. The standard InChI is InChI=1S/C22H28N4O3/c1-3-23-21(27)18-7-5-6-17(12-18)14-26-22(24-4-2)25-11-10-16-8-9-19-20(13-16)29-15-28-19/h5-9,12-13H,3-4,10-11,14-15H2,1-2H3,(H,23,27)(H2,24,25,26). The molecule has 0 radical (unpaired) electrons. The first kappa shape index (κ1) is 20.5. The summed E-state index contributed by atoms with van der Waals surface area (Å²) in [5, 5.41) is 9.42. The third-order valence-corrected chi connectivity index (χ3v) is 4.43. The van der Waals surface area contributed by atoms with Gasteiger partial charge >= 0.3 is 0 Å². The Morgan fingerprint density at radius 2 is 1.79 bits per heavy atom. The molecule has 0 aromatic heterocycles. The van der Waals surface area contributed by atoms with E-state index in [2.05, 4.69) is 20.9 Å². The molecular formula is C22H28N4O3. The fraction of sp³-hybridized carbons (Fsp3) is 0.364. The van der Waals surface area contributed by atoms with Gasteiger partial charge in [-0.2, -0.15) is 0 Å². The van der Waals surface area contributed by atoms with Crippen molar-refractivity contribution in [1.29, 1.82) is 0 Å². The molecule has 29 heavy (non-hydrogen) atoms. The number of aliphatic imine (C=N–C) groups is 1. The first-order chi connectivity index (χ1) is 14.2. The molecule has 0 atom stereocenters. The highest BCUT2D eigenvalue weighted by Gasteiger charge is 2.13. The second kappa shape index (κ2) is 10.4. The number of amides is 1. The van der Waals surface area contributed by atoms with Crippen molar-refractivity contribution in [2.45, 2.75) is 26.8 Å². The number of ether oxygens (including phenoxy) is 2. The molecule has 0 aliphatic carbocycles. The summed E-state index contributed by atoms with van der Waals surface area (Å²) in [5.41, 5.74) is 2.81. The van der Waals surface area contributed by atoms with Crippen LogP contribution in [-0.4, -0.2) is 38.3 Å². The van der Waals surface area contributed by atoms with Crippen molar-refractivity contribution in [3.8, 4) is 11.5 Å². The zero-order valence-corrected chi connectivity index (χ0v) is 17.0. The van der Waals surface area contributed by atoms with E-state index < -0.39 is 0 Å². The number of carbonyl (C=O) groups is 1. The molecule has 0 fully saturated rings. The molecule has 3 N–H and O–H groups in total. The minimum absolute atomic E-state index is 0.0629. The van der Waals surface area contributed by atoms with Crippen LogP contribution < -0.4 is 25.4 Å². The summed E-state index contributed by atoms with van der Waals surface area (Å²) in [5.74, 6) is 2.28. The Hall–Kier alpha value is -3.22. The molecule has 2 aromatic carbocycles. The van der Waals surface area contributed by atoms with Crippen LogP contribution >= 0.6 is 0 Å². The van der Waals surface area contributed by atoms with Gasteiger partial charge in [-0.05, 0) is 55.7 Å². The lowest BCUT2D eigenvalue weighted by Gasteiger charge is -2.12. The molecule has 3 rings (SSSR count). The summed E-state index contributed by atoms with van der Waals surface area (Å²) in [7, 11) is 0. The Morgan fingerprint density at radius 1 is 0.966 bits per heavy atom. The van der Waals surface area contributed by atoms with E-state index in [4.69, 9.17) is 9.47 Å². The molecule has 1 aliphatic rings. The predicted octanol–water partition coefficient (Wildman–Crippen LogP) is 2.46. The average molecular weight is 396 g/mol. The van der Waals surface area contributed by atoms with Crippen molar-refractivity contribution in [3.63, 3.8) is 0 Å². The van der Waals surface area contributed by atoms with E-state index in [1.807, 2.05) is 56.3 Å². The van der Waals surface area contributed by atoms with Crippen LogP contribution in [0.3, 0.4) is 0 Å². The summed E-state index contributed by atoms with van der Waals surface area (Å²) in [6.45, 7) is 6.84. The van der Waals surface area contributed by atoms with Crippen LogP contribution in [0.5, 0.6) is 11.5 Å². The van der Waals surface area contributed by atoms with E-state index in [1.165, 1.54) is 5.56 Å². The van der Waals surface area contributed by atoms with Crippen molar-refractivity contribution < 1.29 is 14.3 Å². The molecule has 0 unspecified atom stereocenters. The lowest BCUT2D eigenvalue weighted by atomic mass is 10.1. The van der Waals surface area contributed by atoms with Gasteiger partial charge in [-0.1, -0.05) is 18.2 Å². The van der Waals surface area contributed by atoms with Crippen LogP contribution in [0.4, 0.5) is 0 Å². The van der Waals surface area contributed by atoms with Gasteiger partial charge in [0.05, 0.1) is 6.54 Å². The Labute approximate surface area is 171 Å². The highest BCUT2D eigenvalue weighted by molar-refractivity contribution is 5.94. The van der Waals surface area contributed by atoms with Gasteiger partial charge in [0.2, 0.25) is 6.79 Å². The van der Waals surface area contributed by atoms with Crippen LogP contribution in [0.15, 0.2) is 47.5 Å². The van der Waals surface area contributed by atoms with Crippen molar-refractivity contribution in [2.24, 2.45) is 4.99 Å². The lowest BCUT2D eigenvalue weighted by molar-refractivity contribution is 0.0955. The number of nitrogens with one attached hydrogen (secondary N) is 3. The number of hydrogen-bond donors (Lipinski definition) is 3. The molecule has 0 saturated heterocycles. The molecule has 154 valence electrons. The van der Waals surface area contributed by atoms with Gasteiger partial charge in [0.25, 0.3) is 5.91 Å². The summed E-state index contributed by atoms with van der Waals surface area (Å²) >= 11 is 0. The van der Waals surface area contributed by atoms with Crippen LogP contribution in [0.2, 0.25) is 0 Å². The average Bonchev–Trinajstić information content (AvgIpc) is 3.20. The van der Waals surface area contributed by atoms with Crippen molar-refractivity contribution >= 4 is 11.9 Å². The van der Waals surface area contributed by atoms with Gasteiger partial charge < -0.3 is 25.4 Å². The minimum Gasteiger partial charge on any atom is -0.454 e. The Kier molecular flexibility index (Phi) is 7.33. The second-order valence-electron chi connectivity index (χ2n) is 6.62. The number of rotatable bonds is 8. The maximum atomic E-state index is 12.0. The van der Waals surface area contributed by atoms with Crippen molar-refractivity contribution in [1.82, 2.24) is 16.0 Å². The summed E-state index contributed by atoms with van der Waals surface area (Å²) in [6.07, 6.45) is 0.841. The van der Waals surface area contributed by atoms with Gasteiger partial charge in [-0.15, -0.1) is 0 Å². The zero-order chi connectivity index (χ0) is 20.5. The van der Waals surface area contributed by atoms with E-state index in [-0.39, 0.29) is 12.7 Å². The third kappa shape index (κ3) is 5.88. The van der Waals surface area contributed by atoms with Gasteiger partial charge in [0, 0.05) is 25.2 Å². The van der Waals surface area contributed by atoms with E-state index in [0.29, 0.717) is 18.7 Å². The first-order valence-corrected chi connectivity index (χ1v) is 9.97. The number of fused-ring (bicyclic) bond motifs is 1. The number of benzene rings is 2. The lowest BCUT2D eigenvalue weighted by Crippen LogP contribution is -2.38. The minimum atomic E-state index is -0.0629. The zero-order valence-electron chi connectivity index (χ0n) is 17.0. The fourth-order valence-corrected chi connectivity index (χ4v) is 3.01. The molecule has 1 heterocycles. The molecule has 1 amide bonds. The fourth-order valence-electron chi connectivity index (χ4n) is 3.01. The van der Waals surface area contributed by atoms with Gasteiger partial charge in [-0.25, -0.2) is 4.99 Å². The Balaban J connectivity index is 1.55. The highest BCUT2D eigenvalue weighted by atomic mass is 16.7. The van der Waals surface area contributed by atoms with Crippen molar-refractivity contribution in [2.75, 3.05) is 26.4 Å². The quantitative estimate of drug-likeness (QED) is 0.472. The number of guanidine groups is 1. The first-order valence-electron chi connectivity index (χ1n) is 9.97. The van der Waals surface area contributed by atoms with Crippen LogP contribution in [0.1, 0.15) is 35.3 Å². The normalized spacial score (nSPS) is 12.6. The van der Waals surface area contributed by atoms with Crippen LogP contribution in [0.25, 0.3) is 0 Å². The molecule has 1 aliphatic heterocycles. The Bertz CT molecular complexity index is 867. The molecule has 7 heteroatoms. The second-order valence-corrected chi connectivity index (χ2v) is 6.62. The third-order valence-electron chi connectivity index (χ3n) is 4.43. The molecule has 0 bridgehead atoms. The molecule has 0 spiro atoms. The van der Waals surface area contributed by atoms with E-state index >= 15 is 0 Å². The topological polar surface area (TPSA) is 84.0 Å². The van der Waals surface area contributed by atoms with Gasteiger partial charge in [0.15, 0.2) is 17.5 Å². The number of nitrogens with zero attached hydrogens (tertiary/aromatic N) is 1. The van der Waals surface area contributed by atoms with Crippen LogP contribution in [0, 0.1) is 0 Å². The maximum absolute atomic E-state index is 12.0. The smallest absolute Gasteiger partial charge is 0.251 e. The van der Waals surface area contributed by atoms with Crippen molar-refractivity contribution in [3.05, 3.63) is 59.2 Å². The van der Waals surface area contributed by atoms with E-state index in [9.17, 15) is 4.79 Å². The van der Waals surface area contributed by atoms with Gasteiger partial charge in [-0.3, -0.25) is 4.79 Å². The summed E-state index contributed by atoms with van der Waals surface area (Å²) < 4.78 is 10.8. The van der Waals surface area contributed by atoms with E-state index in [1.54, 1.807) is 0 Å². The molecule has 7 nitrogen and oxygen atoms in total.